The van der Waals surface area contributed by atoms with E-state index in [9.17, 15) is 9.18 Å². The topological polar surface area (TPSA) is 113 Å². The first kappa shape index (κ1) is 26.9. The Hall–Kier alpha value is -4.35. The number of nitrogen functional groups attached to an aromatic ring is 1. The molecule has 12 heteroatoms. The number of thiazole rings is 1. The fourth-order valence-corrected chi connectivity index (χ4v) is 6.10. The third-order valence-electron chi connectivity index (χ3n) is 6.77. The maximum atomic E-state index is 15.0. The number of hydrogen-bond donors (Lipinski definition) is 1. The molecule has 0 aliphatic heterocycles. The number of hydrogen-bond acceptors (Lipinski definition) is 8. The Morgan fingerprint density at radius 2 is 1.90 bits per heavy atom. The van der Waals surface area contributed by atoms with E-state index in [0.717, 1.165) is 16.7 Å². The van der Waals surface area contributed by atoms with E-state index in [-0.39, 0.29) is 23.4 Å². The van der Waals surface area contributed by atoms with Crippen molar-refractivity contribution in [3.05, 3.63) is 86.8 Å². The lowest BCUT2D eigenvalue weighted by Crippen LogP contribution is -2.20. The Morgan fingerprint density at radius 1 is 1.10 bits per heavy atom. The summed E-state index contributed by atoms with van der Waals surface area (Å²) in [6.45, 7) is 7.48. The average Bonchev–Trinajstić information content (AvgIpc) is 3.51. The summed E-state index contributed by atoms with van der Waals surface area (Å²) in [6.07, 6.45) is 2.59. The molecule has 0 saturated heterocycles. The van der Waals surface area contributed by atoms with Crippen molar-refractivity contribution in [3.8, 4) is 28.3 Å². The van der Waals surface area contributed by atoms with Crippen molar-refractivity contribution >= 4 is 44.6 Å². The van der Waals surface area contributed by atoms with Gasteiger partial charge in [-0.05, 0) is 51.0 Å². The summed E-state index contributed by atoms with van der Waals surface area (Å²) >= 11 is 7.79. The number of ether oxygens (including phenoxy) is 1. The highest BCUT2D eigenvalue weighted by atomic mass is 35.5. The minimum atomic E-state index is -0.628. The predicted octanol–water partition coefficient (Wildman–Crippen LogP) is 6.31. The number of anilines is 1. The molecule has 0 fully saturated rings. The van der Waals surface area contributed by atoms with Crippen LogP contribution in [-0.2, 0) is 0 Å². The van der Waals surface area contributed by atoms with E-state index in [4.69, 9.17) is 27.2 Å². The molecule has 6 aromatic rings. The smallest absolute Gasteiger partial charge is 0.265 e. The van der Waals surface area contributed by atoms with Crippen molar-refractivity contribution < 1.29 is 9.13 Å². The second-order valence-corrected chi connectivity index (χ2v) is 11.3. The first-order chi connectivity index (χ1) is 19.6. The predicted molar refractivity (Wildman–Crippen MR) is 159 cm³/mol. The summed E-state index contributed by atoms with van der Waals surface area (Å²) < 4.78 is 23.6. The molecule has 9 nitrogen and oxygen atoms in total. The van der Waals surface area contributed by atoms with Gasteiger partial charge in [-0.2, -0.15) is 5.10 Å². The highest BCUT2D eigenvalue weighted by Gasteiger charge is 2.26. The average molecular weight is 590 g/mol. The monoisotopic (exact) mass is 589 g/mol. The summed E-state index contributed by atoms with van der Waals surface area (Å²) in [5.74, 6) is -0.542. The maximum Gasteiger partial charge on any atom is 0.265 e. The van der Waals surface area contributed by atoms with Crippen molar-refractivity contribution in [1.82, 2.24) is 29.1 Å². The van der Waals surface area contributed by atoms with Crippen LogP contribution >= 0.6 is 22.9 Å². The molecule has 6 rings (SSSR count). The first-order valence-corrected chi connectivity index (χ1v) is 14.1. The largest absolute Gasteiger partial charge is 0.473 e. The molecule has 5 heterocycles. The number of fused-ring (bicyclic) bond motifs is 2. The maximum absolute atomic E-state index is 15.0. The Labute approximate surface area is 243 Å². The van der Waals surface area contributed by atoms with Gasteiger partial charge >= 0.3 is 0 Å². The number of halogens is 2. The molecular formula is C29H25ClFN7O2S. The van der Waals surface area contributed by atoms with Crippen molar-refractivity contribution in [1.29, 1.82) is 0 Å². The van der Waals surface area contributed by atoms with Gasteiger partial charge in [0, 0.05) is 17.1 Å². The van der Waals surface area contributed by atoms with Gasteiger partial charge < -0.3 is 10.5 Å². The van der Waals surface area contributed by atoms with Gasteiger partial charge in [0.05, 0.1) is 23.1 Å². The summed E-state index contributed by atoms with van der Waals surface area (Å²) in [6, 6.07) is 10.5. The van der Waals surface area contributed by atoms with Crippen LogP contribution in [0.3, 0.4) is 0 Å². The van der Waals surface area contributed by atoms with E-state index in [1.165, 1.54) is 34.3 Å². The minimum absolute atomic E-state index is 0.101. The van der Waals surface area contributed by atoms with E-state index in [1.807, 2.05) is 44.2 Å². The quantitative estimate of drug-likeness (QED) is 0.242. The van der Waals surface area contributed by atoms with Gasteiger partial charge in [-0.25, -0.2) is 24.0 Å². The standard InChI is InChI=1S/C29H25ClFN7O2S/c1-14(2)40-28-20(31)9-18(11-33-28)25-24-26(32)34-13-35-27(24)38(36-25)16(4)19-10-22-37(21(30)12-41-22)29(39)23(19)17-7-5-6-15(3)8-17/h5-14,16H,1-4H3,(H2,32,34,35)/t16-/m0/s1. The molecule has 0 unspecified atom stereocenters. The summed E-state index contributed by atoms with van der Waals surface area (Å²) in [5, 5.41) is 7.38. The van der Waals surface area contributed by atoms with Gasteiger partial charge in [0.2, 0.25) is 0 Å². The van der Waals surface area contributed by atoms with E-state index in [0.29, 0.717) is 37.8 Å². The summed E-state index contributed by atoms with van der Waals surface area (Å²) in [5.41, 5.74) is 10.2. The van der Waals surface area contributed by atoms with E-state index in [2.05, 4.69) is 15.0 Å². The molecule has 41 heavy (non-hydrogen) atoms. The fourth-order valence-electron chi connectivity index (χ4n) is 4.94. The molecule has 1 aromatic carbocycles. The van der Waals surface area contributed by atoms with Crippen molar-refractivity contribution in [2.75, 3.05) is 5.73 Å². The third kappa shape index (κ3) is 4.60. The Morgan fingerprint density at radius 3 is 2.63 bits per heavy atom. The highest BCUT2D eigenvalue weighted by molar-refractivity contribution is 7.16. The summed E-state index contributed by atoms with van der Waals surface area (Å²) in [4.78, 5) is 27.4. The van der Waals surface area contributed by atoms with Crippen LogP contribution in [0.1, 0.15) is 37.9 Å². The number of rotatable bonds is 6. The van der Waals surface area contributed by atoms with E-state index in [1.54, 1.807) is 23.9 Å². The number of nitrogens with zero attached hydrogens (tertiary/aromatic N) is 6. The van der Waals surface area contributed by atoms with Crippen LogP contribution in [-0.4, -0.2) is 35.2 Å². The Bertz CT molecular complexity index is 2020. The molecule has 0 bridgehead atoms. The van der Waals surface area contributed by atoms with Crippen LogP contribution in [0.5, 0.6) is 5.88 Å². The van der Waals surface area contributed by atoms with Gasteiger partial charge in [-0.1, -0.05) is 41.4 Å². The van der Waals surface area contributed by atoms with E-state index < -0.39 is 11.9 Å². The summed E-state index contributed by atoms with van der Waals surface area (Å²) in [7, 11) is 0. The zero-order chi connectivity index (χ0) is 29.0. The SMILES string of the molecule is Cc1cccc(-c2c([C@H](C)n3nc(-c4cnc(OC(C)C)c(F)c4)c4c(N)ncnc43)cc3scc(Cl)n3c2=O)c1. The highest BCUT2D eigenvalue weighted by Crippen LogP contribution is 2.37. The molecule has 1 atom stereocenters. The number of pyridine rings is 2. The van der Waals surface area contributed by atoms with Gasteiger partial charge in [-0.3, -0.25) is 9.20 Å². The number of nitrogens with two attached hydrogens (primary N) is 1. The minimum Gasteiger partial charge on any atom is -0.473 e. The van der Waals surface area contributed by atoms with Crippen molar-refractivity contribution in [2.45, 2.75) is 39.8 Å². The van der Waals surface area contributed by atoms with Gasteiger partial charge in [0.1, 0.15) is 27.8 Å². The van der Waals surface area contributed by atoms with Gasteiger partial charge in [0.15, 0.2) is 11.5 Å². The Balaban J connectivity index is 1.59. The van der Waals surface area contributed by atoms with Crippen LogP contribution in [0.4, 0.5) is 10.2 Å². The molecule has 0 amide bonds. The van der Waals surface area contributed by atoms with Gasteiger partial charge in [0.25, 0.3) is 11.4 Å². The molecule has 0 radical (unpaired) electrons. The lowest BCUT2D eigenvalue weighted by atomic mass is 9.96. The zero-order valence-electron chi connectivity index (χ0n) is 22.6. The van der Waals surface area contributed by atoms with Crippen LogP contribution in [0.25, 0.3) is 38.2 Å². The third-order valence-corrected chi connectivity index (χ3v) is 8.06. The normalized spacial score (nSPS) is 12.5. The molecule has 0 saturated carbocycles. The molecule has 0 aliphatic rings. The fraction of sp³-hybridized carbons (Fsp3) is 0.207. The van der Waals surface area contributed by atoms with Crippen molar-refractivity contribution in [3.63, 3.8) is 0 Å². The van der Waals surface area contributed by atoms with Crippen LogP contribution in [0.2, 0.25) is 5.15 Å². The number of aromatic nitrogens is 6. The van der Waals surface area contributed by atoms with Crippen LogP contribution < -0.4 is 16.0 Å². The molecule has 5 aromatic heterocycles. The van der Waals surface area contributed by atoms with Crippen LogP contribution in [0, 0.1) is 12.7 Å². The molecule has 208 valence electrons. The second kappa shape index (κ2) is 10.2. The number of aryl methyl sites for hydroxylation is 1. The van der Waals surface area contributed by atoms with E-state index >= 15 is 0 Å². The van der Waals surface area contributed by atoms with Crippen LogP contribution in [0.15, 0.2) is 59.1 Å². The first-order valence-electron chi connectivity index (χ1n) is 12.8. The second-order valence-electron chi connectivity index (χ2n) is 9.99. The molecule has 2 N–H and O–H groups in total. The lowest BCUT2D eigenvalue weighted by Gasteiger charge is -2.18. The Kier molecular flexibility index (Phi) is 6.71. The molecule has 0 aliphatic carbocycles. The number of benzene rings is 1. The molecule has 0 spiro atoms. The lowest BCUT2D eigenvalue weighted by molar-refractivity contribution is 0.221. The van der Waals surface area contributed by atoms with Gasteiger partial charge in [-0.15, -0.1) is 11.3 Å². The molecular weight excluding hydrogens is 565 g/mol. The zero-order valence-corrected chi connectivity index (χ0v) is 24.2. The van der Waals surface area contributed by atoms with Crippen molar-refractivity contribution in [2.24, 2.45) is 0 Å².